The fourth-order valence-corrected chi connectivity index (χ4v) is 1.05. The quantitative estimate of drug-likeness (QED) is 0.524. The summed E-state index contributed by atoms with van der Waals surface area (Å²) in [5.74, 6) is 0. The highest BCUT2D eigenvalue weighted by atomic mass is 14.0. The van der Waals surface area contributed by atoms with Gasteiger partial charge >= 0.3 is 0 Å². The Labute approximate surface area is 68.6 Å². The monoisotopic (exact) mass is 146 g/mol. The van der Waals surface area contributed by atoms with Gasteiger partial charge in [-0.1, -0.05) is 42.0 Å². The van der Waals surface area contributed by atoms with Crippen LogP contribution in [0.5, 0.6) is 0 Å². The van der Waals surface area contributed by atoms with Gasteiger partial charge in [0.1, 0.15) is 0 Å². The third-order valence-corrected chi connectivity index (χ3v) is 1.76. The van der Waals surface area contributed by atoms with Crippen molar-refractivity contribution >= 4 is 0 Å². The lowest BCUT2D eigenvalue weighted by molar-refractivity contribution is 1.24. The summed E-state index contributed by atoms with van der Waals surface area (Å²) in [6, 6.07) is 0. The highest BCUT2D eigenvalue weighted by molar-refractivity contribution is 5.42. The highest BCUT2D eigenvalue weighted by Gasteiger charge is 1.99. The fraction of sp³-hybridized carbons (Fsp3) is 0.273. The molecule has 0 aromatic rings. The molecule has 1 aliphatic carbocycles. The summed E-state index contributed by atoms with van der Waals surface area (Å²) in [6.07, 6.45) is 9.63. The van der Waals surface area contributed by atoms with Crippen molar-refractivity contribution in [2.75, 3.05) is 0 Å². The summed E-state index contributed by atoms with van der Waals surface area (Å²) in [6.45, 7) is 7.98. The Morgan fingerprint density at radius 2 is 2.36 bits per heavy atom. The summed E-state index contributed by atoms with van der Waals surface area (Å²) >= 11 is 0. The molecule has 0 saturated heterocycles. The topological polar surface area (TPSA) is 0 Å². The van der Waals surface area contributed by atoms with Crippen LogP contribution in [0.3, 0.4) is 0 Å². The van der Waals surface area contributed by atoms with Gasteiger partial charge in [-0.05, 0) is 25.8 Å². The van der Waals surface area contributed by atoms with E-state index in [-0.39, 0.29) is 0 Å². The second-order valence-corrected chi connectivity index (χ2v) is 3.02. The lowest BCUT2D eigenvalue weighted by Gasteiger charge is -1.93. The molecule has 0 unspecified atom stereocenters. The van der Waals surface area contributed by atoms with Crippen molar-refractivity contribution in [1.82, 2.24) is 0 Å². The van der Waals surface area contributed by atoms with E-state index in [2.05, 4.69) is 37.8 Å². The van der Waals surface area contributed by atoms with Crippen molar-refractivity contribution in [3.05, 3.63) is 47.6 Å². The normalized spacial score (nSPS) is 16.9. The van der Waals surface area contributed by atoms with Crippen molar-refractivity contribution in [3.8, 4) is 0 Å². The molecule has 0 amide bonds. The van der Waals surface area contributed by atoms with Gasteiger partial charge in [0.05, 0.1) is 0 Å². The first-order chi connectivity index (χ1) is 5.20. The lowest BCUT2D eigenvalue weighted by Crippen LogP contribution is -1.73. The number of hydrogen-bond donors (Lipinski definition) is 0. The molecule has 0 atom stereocenters. The molecule has 0 spiro atoms. The molecule has 1 rings (SSSR count). The van der Waals surface area contributed by atoms with Crippen LogP contribution >= 0.6 is 0 Å². The van der Waals surface area contributed by atoms with E-state index in [9.17, 15) is 0 Å². The number of allylic oxidation sites excluding steroid dienone is 7. The summed E-state index contributed by atoms with van der Waals surface area (Å²) < 4.78 is 0. The molecule has 1 aliphatic rings. The maximum Gasteiger partial charge on any atom is -0.0129 e. The van der Waals surface area contributed by atoms with E-state index in [1.165, 1.54) is 11.1 Å². The average molecular weight is 146 g/mol. The molecule has 0 radical (unpaired) electrons. The molecule has 0 saturated carbocycles. The predicted octanol–water partition coefficient (Wildman–Crippen LogP) is 3.40. The van der Waals surface area contributed by atoms with Crippen LogP contribution in [-0.4, -0.2) is 0 Å². The molecule has 0 aromatic carbocycles. The maximum absolute atomic E-state index is 3.81. The van der Waals surface area contributed by atoms with Crippen molar-refractivity contribution in [2.24, 2.45) is 0 Å². The number of rotatable bonds is 2. The molecule has 0 N–H and O–H groups in total. The Balaban J connectivity index is 2.69. The second kappa shape index (κ2) is 3.38. The zero-order valence-electron chi connectivity index (χ0n) is 7.22. The van der Waals surface area contributed by atoms with E-state index in [1.807, 2.05) is 6.92 Å². The van der Waals surface area contributed by atoms with Crippen LogP contribution in [0, 0.1) is 0 Å². The Hall–Kier alpha value is -1.04. The van der Waals surface area contributed by atoms with E-state index < -0.39 is 0 Å². The molecule has 0 nitrogen and oxygen atoms in total. The van der Waals surface area contributed by atoms with E-state index in [0.29, 0.717) is 0 Å². The van der Waals surface area contributed by atoms with Crippen LogP contribution in [0.1, 0.15) is 20.3 Å². The van der Waals surface area contributed by atoms with Crippen LogP contribution < -0.4 is 0 Å². The van der Waals surface area contributed by atoms with Gasteiger partial charge in [0.15, 0.2) is 0 Å². The first-order valence-corrected chi connectivity index (χ1v) is 3.90. The SMILES string of the molecule is C=C(C)C=CC1=C(C)CC=C1. The predicted molar refractivity (Wildman–Crippen MR) is 50.4 cm³/mol. The van der Waals surface area contributed by atoms with Crippen molar-refractivity contribution < 1.29 is 0 Å². The molecule has 0 heteroatoms. The van der Waals surface area contributed by atoms with Crippen LogP contribution in [0.4, 0.5) is 0 Å². The van der Waals surface area contributed by atoms with Crippen LogP contribution in [0.15, 0.2) is 47.6 Å². The van der Waals surface area contributed by atoms with E-state index in [1.54, 1.807) is 0 Å². The summed E-state index contributed by atoms with van der Waals surface area (Å²) in [5, 5.41) is 0. The van der Waals surface area contributed by atoms with Gasteiger partial charge < -0.3 is 0 Å². The van der Waals surface area contributed by atoms with Gasteiger partial charge in [-0.25, -0.2) is 0 Å². The molecule has 58 valence electrons. The van der Waals surface area contributed by atoms with E-state index >= 15 is 0 Å². The molecular formula is C11H14. The second-order valence-electron chi connectivity index (χ2n) is 3.02. The van der Waals surface area contributed by atoms with E-state index in [0.717, 1.165) is 12.0 Å². The van der Waals surface area contributed by atoms with Crippen molar-refractivity contribution in [3.63, 3.8) is 0 Å². The van der Waals surface area contributed by atoms with Crippen LogP contribution in [-0.2, 0) is 0 Å². The minimum Gasteiger partial charge on any atom is -0.0961 e. The Morgan fingerprint density at radius 3 is 2.82 bits per heavy atom. The molecule has 0 aliphatic heterocycles. The summed E-state index contributed by atoms with van der Waals surface area (Å²) in [4.78, 5) is 0. The van der Waals surface area contributed by atoms with Gasteiger partial charge in [0, 0.05) is 0 Å². The smallest absolute Gasteiger partial charge is 0.0129 e. The van der Waals surface area contributed by atoms with Gasteiger partial charge in [0.2, 0.25) is 0 Å². The largest absolute Gasteiger partial charge is 0.0961 e. The average Bonchev–Trinajstić information content (AvgIpc) is 2.31. The van der Waals surface area contributed by atoms with E-state index in [4.69, 9.17) is 0 Å². The zero-order chi connectivity index (χ0) is 8.27. The number of hydrogen-bond acceptors (Lipinski definition) is 0. The molecule has 0 bridgehead atoms. The van der Waals surface area contributed by atoms with Crippen molar-refractivity contribution in [2.45, 2.75) is 20.3 Å². The molecule has 11 heavy (non-hydrogen) atoms. The Kier molecular flexibility index (Phi) is 2.48. The zero-order valence-corrected chi connectivity index (χ0v) is 7.22. The molecule has 0 heterocycles. The minimum atomic E-state index is 1.10. The Morgan fingerprint density at radius 1 is 1.64 bits per heavy atom. The first-order valence-electron chi connectivity index (χ1n) is 3.90. The summed E-state index contributed by atoms with van der Waals surface area (Å²) in [7, 11) is 0. The van der Waals surface area contributed by atoms with Gasteiger partial charge in [-0.3, -0.25) is 0 Å². The van der Waals surface area contributed by atoms with Gasteiger partial charge in [0.25, 0.3) is 0 Å². The van der Waals surface area contributed by atoms with Crippen molar-refractivity contribution in [1.29, 1.82) is 0 Å². The minimum absolute atomic E-state index is 1.10. The molecule has 0 aromatic heterocycles. The lowest BCUT2D eigenvalue weighted by atomic mass is 10.1. The third-order valence-electron chi connectivity index (χ3n) is 1.76. The standard InChI is InChI=1S/C11H14/c1-9(2)7-8-11-6-4-5-10(11)3/h4,6-8H,1,5H2,2-3H3. The molecular weight excluding hydrogens is 132 g/mol. The fourth-order valence-electron chi connectivity index (χ4n) is 1.05. The van der Waals surface area contributed by atoms with Gasteiger partial charge in [-0.15, -0.1) is 0 Å². The highest BCUT2D eigenvalue weighted by Crippen LogP contribution is 2.19. The Bertz CT molecular complexity index is 249. The van der Waals surface area contributed by atoms with Gasteiger partial charge in [-0.2, -0.15) is 0 Å². The summed E-state index contributed by atoms with van der Waals surface area (Å²) in [5.41, 5.74) is 3.89. The van der Waals surface area contributed by atoms with Crippen LogP contribution in [0.2, 0.25) is 0 Å². The van der Waals surface area contributed by atoms with Crippen LogP contribution in [0.25, 0.3) is 0 Å². The maximum atomic E-state index is 3.81. The third kappa shape index (κ3) is 2.23. The molecule has 0 fully saturated rings. The first kappa shape index (κ1) is 8.06.